The maximum Gasteiger partial charge on any atom is 0.328 e. The van der Waals surface area contributed by atoms with Crippen LogP contribution in [0.15, 0.2) is 48.8 Å². The lowest BCUT2D eigenvalue weighted by molar-refractivity contribution is -0.134. The van der Waals surface area contributed by atoms with Crippen LogP contribution in [-0.2, 0) is 9.59 Å². The molecule has 6 heteroatoms. The molecule has 0 spiro atoms. The highest BCUT2D eigenvalue weighted by Crippen LogP contribution is 1.98. The van der Waals surface area contributed by atoms with Gasteiger partial charge in [-0.25, -0.2) is 14.1 Å². The second-order valence-corrected chi connectivity index (χ2v) is 2.91. The van der Waals surface area contributed by atoms with Gasteiger partial charge >= 0.3 is 11.9 Å². The number of carboxylic acids is 2. The number of nitrogens with zero attached hydrogens (tertiary/aromatic N) is 2. The third-order valence-electron chi connectivity index (χ3n) is 1.67. The molecule has 0 amide bonds. The van der Waals surface area contributed by atoms with Gasteiger partial charge in [-0.3, -0.25) is 0 Å². The van der Waals surface area contributed by atoms with Gasteiger partial charge in [0.05, 0.1) is 5.52 Å². The van der Waals surface area contributed by atoms with E-state index in [-0.39, 0.29) is 0 Å². The van der Waals surface area contributed by atoms with Gasteiger partial charge in [-0.05, 0) is 18.2 Å². The van der Waals surface area contributed by atoms with Gasteiger partial charge < -0.3 is 10.2 Å². The number of aromatic nitrogens is 2. The van der Waals surface area contributed by atoms with Crippen LogP contribution in [0.4, 0.5) is 0 Å². The molecule has 0 fully saturated rings. The van der Waals surface area contributed by atoms with Gasteiger partial charge in [0, 0.05) is 24.5 Å². The average Bonchev–Trinajstić information content (AvgIpc) is 2.75. The Morgan fingerprint density at radius 3 is 2.29 bits per heavy atom. The highest BCUT2D eigenvalue weighted by molar-refractivity contribution is 5.89. The summed E-state index contributed by atoms with van der Waals surface area (Å²) in [7, 11) is 0. The monoisotopic (exact) mass is 234 g/mol. The molecule has 2 aromatic rings. The highest BCUT2D eigenvalue weighted by atomic mass is 16.4. The molecule has 0 atom stereocenters. The Hall–Kier alpha value is -2.63. The molecule has 0 aliphatic rings. The van der Waals surface area contributed by atoms with E-state index >= 15 is 0 Å². The molecule has 0 aliphatic carbocycles. The van der Waals surface area contributed by atoms with Crippen LogP contribution in [0.5, 0.6) is 0 Å². The van der Waals surface area contributed by atoms with Crippen LogP contribution in [0.3, 0.4) is 0 Å². The van der Waals surface area contributed by atoms with Crippen molar-refractivity contribution in [2.75, 3.05) is 0 Å². The molecule has 2 aromatic heterocycles. The maximum atomic E-state index is 9.55. The fourth-order valence-electron chi connectivity index (χ4n) is 1.01. The lowest BCUT2D eigenvalue weighted by Gasteiger charge is -1.86. The lowest BCUT2D eigenvalue weighted by atomic mass is 10.4. The van der Waals surface area contributed by atoms with Gasteiger partial charge in [0.15, 0.2) is 0 Å². The van der Waals surface area contributed by atoms with Crippen molar-refractivity contribution in [2.45, 2.75) is 0 Å². The van der Waals surface area contributed by atoms with Gasteiger partial charge in [-0.1, -0.05) is 6.07 Å². The van der Waals surface area contributed by atoms with E-state index in [4.69, 9.17) is 10.2 Å². The molecule has 17 heavy (non-hydrogen) atoms. The molecule has 0 saturated heterocycles. The number of carbonyl (C=O) groups is 2. The van der Waals surface area contributed by atoms with E-state index in [1.54, 1.807) is 6.20 Å². The fraction of sp³-hybridized carbons (Fsp3) is 0. The summed E-state index contributed by atoms with van der Waals surface area (Å²) in [5.74, 6) is -2.51. The Kier molecular flexibility index (Phi) is 4.44. The van der Waals surface area contributed by atoms with E-state index < -0.39 is 11.9 Å². The van der Waals surface area contributed by atoms with Crippen LogP contribution in [0.25, 0.3) is 5.52 Å². The first-order valence-corrected chi connectivity index (χ1v) is 4.62. The number of hydrogen-bond donors (Lipinski definition) is 2. The molecule has 2 heterocycles. The molecule has 2 rings (SSSR count). The molecular weight excluding hydrogens is 224 g/mol. The molecule has 0 radical (unpaired) electrons. The third kappa shape index (κ3) is 4.61. The zero-order chi connectivity index (χ0) is 12.7. The normalized spacial score (nSPS) is 9.88. The zero-order valence-electron chi connectivity index (χ0n) is 8.72. The topological polar surface area (TPSA) is 91.9 Å². The first-order chi connectivity index (χ1) is 8.09. The van der Waals surface area contributed by atoms with Gasteiger partial charge in [-0.2, -0.15) is 5.10 Å². The summed E-state index contributed by atoms with van der Waals surface area (Å²) < 4.78 is 1.83. The number of rotatable bonds is 2. The molecule has 0 aliphatic heterocycles. The number of carboxylic acid groups (broad SMARTS) is 2. The SMILES string of the molecule is O=C(O)/C=C\C(=O)O.c1ccn2nccc2c1. The van der Waals surface area contributed by atoms with Gasteiger partial charge in [0.25, 0.3) is 0 Å². The van der Waals surface area contributed by atoms with E-state index in [0.717, 1.165) is 5.52 Å². The molecule has 0 bridgehead atoms. The summed E-state index contributed by atoms with van der Waals surface area (Å²) in [5.41, 5.74) is 1.14. The maximum absolute atomic E-state index is 9.55. The zero-order valence-corrected chi connectivity index (χ0v) is 8.72. The predicted molar refractivity (Wildman–Crippen MR) is 59.6 cm³/mol. The molecule has 0 unspecified atom stereocenters. The third-order valence-corrected chi connectivity index (χ3v) is 1.67. The summed E-state index contributed by atoms with van der Waals surface area (Å²) in [6.45, 7) is 0. The Labute approximate surface area is 96.4 Å². The van der Waals surface area contributed by atoms with Crippen molar-refractivity contribution in [1.82, 2.24) is 9.61 Å². The van der Waals surface area contributed by atoms with Crippen LogP contribution in [0, 0.1) is 0 Å². The predicted octanol–water partition coefficient (Wildman–Crippen LogP) is 1.05. The summed E-state index contributed by atoms with van der Waals surface area (Å²) in [4.78, 5) is 19.1. The van der Waals surface area contributed by atoms with Gasteiger partial charge in [0.1, 0.15) is 0 Å². The highest BCUT2D eigenvalue weighted by Gasteiger charge is 1.88. The molecular formula is C11H10N2O4. The molecule has 2 N–H and O–H groups in total. The van der Waals surface area contributed by atoms with Crippen LogP contribution in [0.2, 0.25) is 0 Å². The van der Waals surface area contributed by atoms with Crippen molar-refractivity contribution in [1.29, 1.82) is 0 Å². The number of hydrogen-bond acceptors (Lipinski definition) is 3. The van der Waals surface area contributed by atoms with E-state index in [0.29, 0.717) is 12.2 Å². The van der Waals surface area contributed by atoms with Crippen LogP contribution in [-0.4, -0.2) is 31.8 Å². The summed E-state index contributed by atoms with van der Waals surface area (Å²) in [6, 6.07) is 7.95. The van der Waals surface area contributed by atoms with Crippen LogP contribution >= 0.6 is 0 Å². The standard InChI is InChI=1S/C7H6N2.C4H4O4/c1-2-6-9-7(3-1)4-5-8-9;5-3(6)1-2-4(7)8/h1-6H;1-2H,(H,5,6)(H,7,8)/b;2-1-. The first-order valence-electron chi connectivity index (χ1n) is 4.62. The number of fused-ring (bicyclic) bond motifs is 1. The van der Waals surface area contributed by atoms with Crippen molar-refractivity contribution >= 4 is 17.5 Å². The minimum atomic E-state index is -1.26. The second-order valence-electron chi connectivity index (χ2n) is 2.91. The van der Waals surface area contributed by atoms with Crippen molar-refractivity contribution < 1.29 is 19.8 Å². The van der Waals surface area contributed by atoms with Crippen molar-refractivity contribution in [3.63, 3.8) is 0 Å². The van der Waals surface area contributed by atoms with Gasteiger partial charge in [-0.15, -0.1) is 0 Å². The summed E-state index contributed by atoms with van der Waals surface area (Å²) >= 11 is 0. The average molecular weight is 234 g/mol. The lowest BCUT2D eigenvalue weighted by Crippen LogP contribution is -1.91. The van der Waals surface area contributed by atoms with Gasteiger partial charge in [0.2, 0.25) is 0 Å². The fourth-order valence-corrected chi connectivity index (χ4v) is 1.01. The van der Waals surface area contributed by atoms with Crippen molar-refractivity contribution in [3.05, 3.63) is 48.8 Å². The Morgan fingerprint density at radius 2 is 1.76 bits per heavy atom. The molecule has 0 aromatic carbocycles. The molecule has 88 valence electrons. The Bertz CT molecular complexity index is 499. The van der Waals surface area contributed by atoms with Crippen molar-refractivity contribution in [3.8, 4) is 0 Å². The Morgan fingerprint density at radius 1 is 1.12 bits per heavy atom. The number of pyridine rings is 1. The van der Waals surface area contributed by atoms with E-state index in [9.17, 15) is 9.59 Å². The van der Waals surface area contributed by atoms with E-state index in [2.05, 4.69) is 5.10 Å². The summed E-state index contributed by atoms with van der Waals surface area (Å²) in [5, 5.41) is 19.7. The number of aliphatic carboxylic acids is 2. The summed E-state index contributed by atoms with van der Waals surface area (Å²) in [6.07, 6.45) is 4.83. The second kappa shape index (κ2) is 6.06. The van der Waals surface area contributed by atoms with Crippen LogP contribution in [0.1, 0.15) is 0 Å². The Balaban J connectivity index is 0.000000172. The molecule has 0 saturated carbocycles. The van der Waals surface area contributed by atoms with Crippen molar-refractivity contribution in [2.24, 2.45) is 0 Å². The van der Waals surface area contributed by atoms with E-state index in [1.807, 2.05) is 35.0 Å². The minimum absolute atomic E-state index is 0.558. The molecule has 6 nitrogen and oxygen atoms in total. The first kappa shape index (κ1) is 12.4. The quantitative estimate of drug-likeness (QED) is 0.757. The smallest absolute Gasteiger partial charge is 0.328 e. The minimum Gasteiger partial charge on any atom is -0.478 e. The van der Waals surface area contributed by atoms with Crippen LogP contribution < -0.4 is 0 Å². The largest absolute Gasteiger partial charge is 0.478 e. The van der Waals surface area contributed by atoms with E-state index in [1.165, 1.54) is 0 Å².